The molecule has 0 aliphatic rings. The van der Waals surface area contributed by atoms with Crippen LogP contribution in [0.25, 0.3) is 0 Å². The summed E-state index contributed by atoms with van der Waals surface area (Å²) in [6.07, 6.45) is 1.66. The van der Waals surface area contributed by atoms with E-state index in [1.165, 1.54) is 6.07 Å². The van der Waals surface area contributed by atoms with E-state index >= 15 is 0 Å². The molecule has 0 fully saturated rings. The fraction of sp³-hybridized carbons (Fsp3) is 0.462. The molecule has 0 saturated carbocycles. The first-order chi connectivity index (χ1) is 8.41. The number of halogens is 1. The van der Waals surface area contributed by atoms with E-state index in [-0.39, 0.29) is 10.5 Å². The largest absolute Gasteiger partial charge is 0.478 e. The summed E-state index contributed by atoms with van der Waals surface area (Å²) in [5.74, 6) is -0.881. The normalized spacial score (nSPS) is 12.7. The first kappa shape index (κ1) is 14.8. The number of carboxylic acid groups (broad SMARTS) is 1. The summed E-state index contributed by atoms with van der Waals surface area (Å²) in [6, 6.07) is 3.38. The van der Waals surface area contributed by atoms with Gasteiger partial charge in [-0.15, -0.1) is 0 Å². The smallest absolute Gasteiger partial charge is 0.335 e. The minimum Gasteiger partial charge on any atom is -0.478 e. The molecule has 0 bridgehead atoms. The summed E-state index contributed by atoms with van der Waals surface area (Å²) < 4.78 is 25.4. The van der Waals surface area contributed by atoms with Crippen LogP contribution in [0.15, 0.2) is 23.1 Å². The van der Waals surface area contributed by atoms with Crippen molar-refractivity contribution >= 4 is 16.8 Å². The molecule has 5 heteroatoms. The zero-order valence-electron chi connectivity index (χ0n) is 10.5. The molecule has 1 aromatic rings. The summed E-state index contributed by atoms with van der Waals surface area (Å²) in [4.78, 5) is 10.8. The van der Waals surface area contributed by atoms with Gasteiger partial charge in [0.25, 0.3) is 0 Å². The molecule has 18 heavy (non-hydrogen) atoms. The van der Waals surface area contributed by atoms with E-state index in [0.29, 0.717) is 11.7 Å². The SMILES string of the molecule is CC(C)CCCS(=O)c1cc(C(=O)O)ccc1F. The average Bonchev–Trinajstić information content (AvgIpc) is 2.28. The first-order valence-electron chi connectivity index (χ1n) is 5.83. The van der Waals surface area contributed by atoms with Gasteiger partial charge in [-0.1, -0.05) is 20.3 Å². The molecular formula is C13H17FO3S. The van der Waals surface area contributed by atoms with Crippen LogP contribution in [0.1, 0.15) is 37.0 Å². The Kier molecular flexibility index (Phi) is 5.47. The van der Waals surface area contributed by atoms with Crippen molar-refractivity contribution in [3.8, 4) is 0 Å². The molecule has 0 heterocycles. The Balaban J connectivity index is 2.78. The lowest BCUT2D eigenvalue weighted by molar-refractivity contribution is 0.0696. The fourth-order valence-electron chi connectivity index (χ4n) is 1.54. The number of rotatable bonds is 6. The summed E-state index contributed by atoms with van der Waals surface area (Å²) >= 11 is 0. The predicted octanol–water partition coefficient (Wildman–Crippen LogP) is 3.07. The summed E-state index contributed by atoms with van der Waals surface area (Å²) in [6.45, 7) is 4.13. The number of benzene rings is 1. The second-order valence-corrected chi connectivity index (χ2v) is 6.08. The van der Waals surface area contributed by atoms with E-state index in [0.717, 1.165) is 25.0 Å². The van der Waals surface area contributed by atoms with Gasteiger partial charge in [-0.3, -0.25) is 4.21 Å². The quantitative estimate of drug-likeness (QED) is 0.866. The molecule has 0 spiro atoms. The monoisotopic (exact) mass is 272 g/mol. The van der Waals surface area contributed by atoms with E-state index in [1.54, 1.807) is 0 Å². The second-order valence-electron chi connectivity index (χ2n) is 4.54. The highest BCUT2D eigenvalue weighted by Crippen LogP contribution is 2.17. The van der Waals surface area contributed by atoms with Crippen molar-refractivity contribution in [2.75, 3.05) is 5.75 Å². The van der Waals surface area contributed by atoms with Crippen LogP contribution >= 0.6 is 0 Å². The average molecular weight is 272 g/mol. The van der Waals surface area contributed by atoms with E-state index in [1.807, 2.05) is 0 Å². The summed E-state index contributed by atoms with van der Waals surface area (Å²) in [5, 5.41) is 8.81. The van der Waals surface area contributed by atoms with E-state index in [2.05, 4.69) is 13.8 Å². The summed E-state index contributed by atoms with van der Waals surface area (Å²) in [7, 11) is -1.48. The number of hydrogen-bond donors (Lipinski definition) is 1. The Morgan fingerprint density at radius 1 is 1.44 bits per heavy atom. The van der Waals surface area contributed by atoms with Crippen LogP contribution in [0, 0.1) is 11.7 Å². The maximum absolute atomic E-state index is 13.5. The lowest BCUT2D eigenvalue weighted by atomic mass is 10.1. The highest BCUT2D eigenvalue weighted by Gasteiger charge is 2.13. The third-order valence-corrected chi connectivity index (χ3v) is 4.00. The molecule has 0 aliphatic heterocycles. The zero-order valence-corrected chi connectivity index (χ0v) is 11.3. The third kappa shape index (κ3) is 4.22. The molecule has 1 aromatic carbocycles. The number of hydrogen-bond acceptors (Lipinski definition) is 2. The number of carboxylic acids is 1. The standard InChI is InChI=1S/C13H17FO3S/c1-9(2)4-3-7-18(17)12-8-10(13(15)16)5-6-11(12)14/h5-6,8-9H,3-4,7H2,1-2H3,(H,15,16). The van der Waals surface area contributed by atoms with Crippen molar-refractivity contribution in [3.63, 3.8) is 0 Å². The molecular weight excluding hydrogens is 255 g/mol. The van der Waals surface area contributed by atoms with Gasteiger partial charge in [0.15, 0.2) is 0 Å². The van der Waals surface area contributed by atoms with Gasteiger partial charge >= 0.3 is 5.97 Å². The maximum atomic E-state index is 13.5. The van der Waals surface area contributed by atoms with Crippen LogP contribution in [-0.2, 0) is 10.8 Å². The van der Waals surface area contributed by atoms with E-state index < -0.39 is 22.6 Å². The molecule has 0 amide bonds. The Bertz CT molecular complexity index is 458. The van der Waals surface area contributed by atoms with Gasteiger partial charge in [0.1, 0.15) is 5.82 Å². The van der Waals surface area contributed by atoms with Crippen molar-refractivity contribution in [2.45, 2.75) is 31.6 Å². The van der Waals surface area contributed by atoms with Crippen LogP contribution in [0.5, 0.6) is 0 Å². The Morgan fingerprint density at radius 3 is 2.67 bits per heavy atom. The Morgan fingerprint density at radius 2 is 2.11 bits per heavy atom. The van der Waals surface area contributed by atoms with Gasteiger partial charge in [0.05, 0.1) is 21.3 Å². The van der Waals surface area contributed by atoms with Crippen LogP contribution in [0.3, 0.4) is 0 Å². The minimum absolute atomic E-state index is 0.0151. The molecule has 100 valence electrons. The number of aromatic carboxylic acids is 1. The second kappa shape index (κ2) is 6.64. The highest BCUT2D eigenvalue weighted by atomic mass is 32.2. The number of carbonyl (C=O) groups is 1. The molecule has 1 rings (SSSR count). The van der Waals surface area contributed by atoms with Crippen molar-refractivity contribution in [1.29, 1.82) is 0 Å². The fourth-order valence-corrected chi connectivity index (χ4v) is 2.74. The lowest BCUT2D eigenvalue weighted by Gasteiger charge is -2.06. The van der Waals surface area contributed by atoms with Crippen LogP contribution in [0.2, 0.25) is 0 Å². The van der Waals surface area contributed by atoms with Crippen molar-refractivity contribution in [1.82, 2.24) is 0 Å². The van der Waals surface area contributed by atoms with Gasteiger partial charge < -0.3 is 5.11 Å². The first-order valence-corrected chi connectivity index (χ1v) is 7.15. The minimum atomic E-state index is -1.48. The van der Waals surface area contributed by atoms with Crippen LogP contribution in [-0.4, -0.2) is 21.0 Å². The molecule has 1 atom stereocenters. The molecule has 1 N–H and O–H groups in total. The predicted molar refractivity (Wildman–Crippen MR) is 68.7 cm³/mol. The van der Waals surface area contributed by atoms with Crippen LogP contribution in [0.4, 0.5) is 4.39 Å². The van der Waals surface area contributed by atoms with Gasteiger partial charge in [-0.05, 0) is 30.5 Å². The van der Waals surface area contributed by atoms with Crippen molar-refractivity contribution in [3.05, 3.63) is 29.6 Å². The lowest BCUT2D eigenvalue weighted by Crippen LogP contribution is -2.05. The Hall–Kier alpha value is -1.23. The van der Waals surface area contributed by atoms with Gasteiger partial charge in [-0.2, -0.15) is 0 Å². The molecule has 1 unspecified atom stereocenters. The molecule has 0 radical (unpaired) electrons. The van der Waals surface area contributed by atoms with E-state index in [9.17, 15) is 13.4 Å². The van der Waals surface area contributed by atoms with Crippen molar-refractivity contribution in [2.24, 2.45) is 5.92 Å². The molecule has 0 aliphatic carbocycles. The zero-order chi connectivity index (χ0) is 13.7. The molecule has 3 nitrogen and oxygen atoms in total. The Labute approximate surface area is 108 Å². The van der Waals surface area contributed by atoms with Gasteiger partial charge in [-0.25, -0.2) is 9.18 Å². The van der Waals surface area contributed by atoms with Gasteiger partial charge in [0.2, 0.25) is 0 Å². The van der Waals surface area contributed by atoms with Gasteiger partial charge in [0, 0.05) is 5.75 Å². The third-order valence-electron chi connectivity index (χ3n) is 2.53. The van der Waals surface area contributed by atoms with E-state index in [4.69, 9.17) is 5.11 Å². The summed E-state index contributed by atoms with van der Waals surface area (Å²) in [5.41, 5.74) is -0.0383. The topological polar surface area (TPSA) is 54.4 Å². The molecule has 0 aromatic heterocycles. The highest BCUT2D eigenvalue weighted by molar-refractivity contribution is 7.85. The molecule has 0 saturated heterocycles. The van der Waals surface area contributed by atoms with Crippen molar-refractivity contribution < 1.29 is 18.5 Å². The van der Waals surface area contributed by atoms with Crippen LogP contribution < -0.4 is 0 Å². The maximum Gasteiger partial charge on any atom is 0.335 e.